The van der Waals surface area contributed by atoms with Crippen LogP contribution in [0.2, 0.25) is 0 Å². The van der Waals surface area contributed by atoms with E-state index in [1.807, 2.05) is 0 Å². The molecule has 5 nitrogen and oxygen atoms in total. The zero-order chi connectivity index (χ0) is 11.8. The van der Waals surface area contributed by atoms with Crippen LogP contribution >= 0.6 is 0 Å². The molecule has 0 saturated carbocycles. The number of hydrogen-bond acceptors (Lipinski definition) is 5. The number of nitrogens with zero attached hydrogens (tertiary/aromatic N) is 2. The summed E-state index contributed by atoms with van der Waals surface area (Å²) in [6.45, 7) is 8.02. The molecule has 1 aromatic rings. The van der Waals surface area contributed by atoms with E-state index in [9.17, 15) is 0 Å². The van der Waals surface area contributed by atoms with Gasteiger partial charge in [0.05, 0.1) is 6.54 Å². The molecule has 0 saturated heterocycles. The second-order valence-electron chi connectivity index (χ2n) is 3.84. The molecule has 1 heterocycles. The third-order valence-corrected chi connectivity index (χ3v) is 2.48. The Morgan fingerprint density at radius 1 is 1.19 bits per heavy atom. The molecule has 0 amide bonds. The van der Waals surface area contributed by atoms with Crippen LogP contribution in [0, 0.1) is 0 Å². The van der Waals surface area contributed by atoms with Crippen LogP contribution in [0.1, 0.15) is 45.9 Å². The molecule has 5 heteroatoms. The van der Waals surface area contributed by atoms with Crippen molar-refractivity contribution < 1.29 is 4.42 Å². The highest BCUT2D eigenvalue weighted by Gasteiger charge is 2.09. The zero-order valence-corrected chi connectivity index (χ0v) is 10.4. The smallest absolute Gasteiger partial charge is 0.315 e. The Morgan fingerprint density at radius 2 is 1.94 bits per heavy atom. The lowest BCUT2D eigenvalue weighted by molar-refractivity contribution is 0.470. The summed E-state index contributed by atoms with van der Waals surface area (Å²) in [7, 11) is 0. The lowest BCUT2D eigenvalue weighted by atomic mass is 10.2. The third kappa shape index (κ3) is 4.18. The fraction of sp³-hybridized carbons (Fsp3) is 0.818. The SMILES string of the molecule is CCCNCc1nnc(NC(CC)CC)o1. The molecule has 0 aliphatic rings. The highest BCUT2D eigenvalue weighted by molar-refractivity contribution is 5.18. The number of hydrogen-bond donors (Lipinski definition) is 2. The van der Waals surface area contributed by atoms with Gasteiger partial charge < -0.3 is 15.1 Å². The van der Waals surface area contributed by atoms with Gasteiger partial charge in [-0.2, -0.15) is 0 Å². The summed E-state index contributed by atoms with van der Waals surface area (Å²) in [4.78, 5) is 0. The molecular weight excluding hydrogens is 204 g/mol. The Hall–Kier alpha value is -1.10. The Labute approximate surface area is 97.0 Å². The third-order valence-electron chi connectivity index (χ3n) is 2.48. The van der Waals surface area contributed by atoms with Gasteiger partial charge in [0.1, 0.15) is 0 Å². The van der Waals surface area contributed by atoms with Crippen LogP contribution in [0.15, 0.2) is 4.42 Å². The van der Waals surface area contributed by atoms with Crippen LogP contribution in [0.3, 0.4) is 0 Å². The maximum atomic E-state index is 5.47. The van der Waals surface area contributed by atoms with Gasteiger partial charge in [-0.3, -0.25) is 0 Å². The minimum Gasteiger partial charge on any atom is -0.407 e. The quantitative estimate of drug-likeness (QED) is 0.665. The van der Waals surface area contributed by atoms with Gasteiger partial charge in [0, 0.05) is 6.04 Å². The second-order valence-corrected chi connectivity index (χ2v) is 3.84. The summed E-state index contributed by atoms with van der Waals surface area (Å²) in [5.74, 6) is 0.641. The van der Waals surface area contributed by atoms with E-state index in [4.69, 9.17) is 4.42 Å². The van der Waals surface area contributed by atoms with Crippen molar-refractivity contribution in [1.82, 2.24) is 15.5 Å². The lowest BCUT2D eigenvalue weighted by Crippen LogP contribution is -2.17. The molecule has 16 heavy (non-hydrogen) atoms. The van der Waals surface area contributed by atoms with E-state index in [1.54, 1.807) is 0 Å². The average Bonchev–Trinajstić information content (AvgIpc) is 2.74. The summed E-state index contributed by atoms with van der Waals surface area (Å²) >= 11 is 0. The van der Waals surface area contributed by atoms with Crippen molar-refractivity contribution in [2.45, 2.75) is 52.6 Å². The molecule has 0 aliphatic carbocycles. The van der Waals surface area contributed by atoms with E-state index in [0.29, 0.717) is 24.5 Å². The maximum Gasteiger partial charge on any atom is 0.315 e. The fourth-order valence-electron chi connectivity index (χ4n) is 1.42. The van der Waals surface area contributed by atoms with Crippen molar-refractivity contribution in [2.24, 2.45) is 0 Å². The van der Waals surface area contributed by atoms with Gasteiger partial charge in [0.15, 0.2) is 0 Å². The molecule has 0 unspecified atom stereocenters. The van der Waals surface area contributed by atoms with Crippen LogP contribution in [0.25, 0.3) is 0 Å². The van der Waals surface area contributed by atoms with Gasteiger partial charge in [-0.1, -0.05) is 25.9 Å². The first kappa shape index (κ1) is 13.0. The van der Waals surface area contributed by atoms with Crippen LogP contribution in [0.5, 0.6) is 0 Å². The summed E-state index contributed by atoms with van der Waals surface area (Å²) in [5.41, 5.74) is 0. The van der Waals surface area contributed by atoms with Crippen molar-refractivity contribution in [3.05, 3.63) is 5.89 Å². The molecule has 0 spiro atoms. The van der Waals surface area contributed by atoms with Gasteiger partial charge in [-0.25, -0.2) is 0 Å². The first-order valence-electron chi connectivity index (χ1n) is 6.09. The van der Waals surface area contributed by atoms with Crippen LogP contribution < -0.4 is 10.6 Å². The van der Waals surface area contributed by atoms with Gasteiger partial charge in [0.25, 0.3) is 0 Å². The molecule has 0 radical (unpaired) electrons. The Kier molecular flexibility index (Phi) is 5.85. The predicted molar refractivity (Wildman–Crippen MR) is 64.3 cm³/mol. The summed E-state index contributed by atoms with van der Waals surface area (Å²) in [6, 6.07) is 0.943. The summed E-state index contributed by atoms with van der Waals surface area (Å²) in [6.07, 6.45) is 3.22. The van der Waals surface area contributed by atoms with Crippen molar-refractivity contribution >= 4 is 6.01 Å². The Bertz CT molecular complexity index is 283. The van der Waals surface area contributed by atoms with E-state index >= 15 is 0 Å². The van der Waals surface area contributed by atoms with E-state index in [-0.39, 0.29) is 0 Å². The Balaban J connectivity index is 2.38. The minimum atomic E-state index is 0.414. The van der Waals surface area contributed by atoms with E-state index in [0.717, 1.165) is 25.8 Å². The monoisotopic (exact) mass is 226 g/mol. The number of anilines is 1. The molecule has 0 atom stereocenters. The highest BCUT2D eigenvalue weighted by atomic mass is 16.4. The average molecular weight is 226 g/mol. The van der Waals surface area contributed by atoms with Crippen molar-refractivity contribution in [3.8, 4) is 0 Å². The number of nitrogens with one attached hydrogen (secondary N) is 2. The zero-order valence-electron chi connectivity index (χ0n) is 10.4. The molecule has 1 aromatic heterocycles. The molecule has 0 aromatic carbocycles. The van der Waals surface area contributed by atoms with Crippen molar-refractivity contribution in [2.75, 3.05) is 11.9 Å². The van der Waals surface area contributed by atoms with Crippen LogP contribution in [-0.2, 0) is 6.54 Å². The molecule has 0 fully saturated rings. The molecule has 1 rings (SSSR count). The van der Waals surface area contributed by atoms with E-state index < -0.39 is 0 Å². The summed E-state index contributed by atoms with van der Waals surface area (Å²) in [5, 5.41) is 14.4. The highest BCUT2D eigenvalue weighted by Crippen LogP contribution is 2.10. The maximum absolute atomic E-state index is 5.47. The van der Waals surface area contributed by atoms with Gasteiger partial charge >= 0.3 is 6.01 Å². The second kappa shape index (κ2) is 7.22. The number of aromatic nitrogens is 2. The minimum absolute atomic E-state index is 0.414. The first-order chi connectivity index (χ1) is 7.80. The van der Waals surface area contributed by atoms with Crippen molar-refractivity contribution in [3.63, 3.8) is 0 Å². The standard InChI is InChI=1S/C11H22N4O/c1-4-7-12-8-10-14-15-11(16-10)13-9(5-2)6-3/h9,12H,4-8H2,1-3H3,(H,13,15). The Morgan fingerprint density at radius 3 is 2.56 bits per heavy atom. The lowest BCUT2D eigenvalue weighted by Gasteiger charge is -2.11. The van der Waals surface area contributed by atoms with E-state index in [1.165, 1.54) is 0 Å². The van der Waals surface area contributed by atoms with Gasteiger partial charge in [-0.05, 0) is 25.8 Å². The van der Waals surface area contributed by atoms with E-state index in [2.05, 4.69) is 41.6 Å². The fourth-order valence-corrected chi connectivity index (χ4v) is 1.42. The largest absolute Gasteiger partial charge is 0.407 e. The summed E-state index contributed by atoms with van der Waals surface area (Å²) < 4.78 is 5.47. The van der Waals surface area contributed by atoms with Crippen LogP contribution in [-0.4, -0.2) is 22.8 Å². The van der Waals surface area contributed by atoms with Crippen LogP contribution in [0.4, 0.5) is 6.01 Å². The molecule has 2 N–H and O–H groups in total. The van der Waals surface area contributed by atoms with Crippen molar-refractivity contribution in [1.29, 1.82) is 0 Å². The predicted octanol–water partition coefficient (Wildman–Crippen LogP) is 2.17. The topological polar surface area (TPSA) is 63.0 Å². The van der Waals surface area contributed by atoms with Gasteiger partial charge in [-0.15, -0.1) is 5.10 Å². The molecular formula is C11H22N4O. The number of rotatable bonds is 8. The van der Waals surface area contributed by atoms with Gasteiger partial charge in [0.2, 0.25) is 5.89 Å². The normalized spacial score (nSPS) is 11.0. The first-order valence-corrected chi connectivity index (χ1v) is 6.09. The molecule has 0 aliphatic heterocycles. The molecule has 92 valence electrons. The molecule has 0 bridgehead atoms.